The van der Waals surface area contributed by atoms with Gasteiger partial charge in [-0.05, 0) is 70.6 Å². The summed E-state index contributed by atoms with van der Waals surface area (Å²) in [6.45, 7) is 6.12. The smallest absolute Gasteiger partial charge is 0.462 e. The second-order valence-corrected chi connectivity index (χ2v) is 25.3. The van der Waals surface area contributed by atoms with Gasteiger partial charge in [0.2, 0.25) is 5.91 Å². The van der Waals surface area contributed by atoms with Gasteiger partial charge in [0.15, 0.2) is 11.2 Å². The first-order valence-electron chi connectivity index (χ1n) is 31.8. The van der Waals surface area contributed by atoms with Gasteiger partial charge in [-0.2, -0.15) is 0 Å². The number of phosphoric ester groups is 1. The highest BCUT2D eigenvalue weighted by atomic mass is 32.2. The Morgan fingerprint density at radius 1 is 0.506 bits per heavy atom. The molecule has 0 spiro atoms. The predicted molar refractivity (Wildman–Crippen MR) is 324 cm³/mol. The number of thioether (sulfide) groups is 1. The number of ether oxygens (including phenoxy) is 2. The molecular weight excluding hydrogens is 1010 g/mol. The van der Waals surface area contributed by atoms with Crippen molar-refractivity contribution in [3.8, 4) is 0 Å². The molecule has 0 saturated carbocycles. The zero-order valence-electron chi connectivity index (χ0n) is 50.6. The van der Waals surface area contributed by atoms with Crippen molar-refractivity contribution >= 4 is 42.5 Å². The summed E-state index contributed by atoms with van der Waals surface area (Å²) in [4.78, 5) is 63.9. The summed E-state index contributed by atoms with van der Waals surface area (Å²) in [5.74, 6) is -1.68. The third-order valence-corrected chi connectivity index (χ3v) is 16.0. The zero-order chi connectivity index (χ0) is 56.8. The first-order valence-corrected chi connectivity index (χ1v) is 34.2. The summed E-state index contributed by atoms with van der Waals surface area (Å²) in [5, 5.41) is 2.75. The Balaban J connectivity index is 5.40. The summed E-state index contributed by atoms with van der Waals surface area (Å²) in [6.07, 6.45) is 54.1. The van der Waals surface area contributed by atoms with E-state index in [1.807, 2.05) is 21.1 Å². The van der Waals surface area contributed by atoms with Gasteiger partial charge in [0.1, 0.15) is 25.8 Å². The van der Waals surface area contributed by atoms with Crippen molar-refractivity contribution in [3.05, 3.63) is 24.3 Å². The summed E-state index contributed by atoms with van der Waals surface area (Å²) in [5.41, 5.74) is 0. The Morgan fingerprint density at radius 2 is 0.883 bits per heavy atom. The lowest BCUT2D eigenvalue weighted by atomic mass is 10.0. The van der Waals surface area contributed by atoms with E-state index in [1.165, 1.54) is 135 Å². The normalized spacial score (nSPS) is 13.5. The number of nitrogens with zero attached hydrogens (tertiary/aromatic N) is 1. The standard InChI is InChI=1S/C63H119N2O10PS/c1-7-10-13-16-19-22-25-28-30-33-35-38-41-44-47-50-60(66)64-59(57-77-62(68)52-49-46-43-40-37-34-31-29-26-23-20-17-14-11-8-2)63(69)75-58(56-74-76(70,71)73-54-53-65(4,5)6)55-72-61(67)51-48-45-42-39-36-32-27-24-21-18-15-12-9-3/h28-31,58-59H,7-27,32-57H2,1-6H3,(H-,64,66,70,71)/p+1/b30-28-,31-29-/t58?,59-/m0/s1. The van der Waals surface area contributed by atoms with Crippen molar-refractivity contribution in [2.45, 2.75) is 303 Å². The molecule has 0 saturated heterocycles. The molecule has 0 aliphatic heterocycles. The molecule has 0 bridgehead atoms. The van der Waals surface area contributed by atoms with Gasteiger partial charge in [-0.15, -0.1) is 0 Å². The Bertz CT molecular complexity index is 1510. The van der Waals surface area contributed by atoms with Crippen molar-refractivity contribution in [2.75, 3.05) is 53.3 Å². The van der Waals surface area contributed by atoms with Gasteiger partial charge in [-0.1, -0.05) is 237 Å². The fourth-order valence-electron chi connectivity index (χ4n) is 8.93. The lowest BCUT2D eigenvalue weighted by Crippen LogP contribution is -2.46. The number of rotatable bonds is 58. The number of hydrogen-bond donors (Lipinski definition) is 2. The molecule has 77 heavy (non-hydrogen) atoms. The summed E-state index contributed by atoms with van der Waals surface area (Å²) >= 11 is 0.995. The van der Waals surface area contributed by atoms with Crippen LogP contribution < -0.4 is 5.32 Å². The van der Waals surface area contributed by atoms with E-state index in [-0.39, 0.29) is 36.2 Å². The van der Waals surface area contributed by atoms with Crippen molar-refractivity contribution in [3.63, 3.8) is 0 Å². The molecule has 0 aliphatic rings. The largest absolute Gasteiger partial charge is 0.472 e. The third-order valence-electron chi connectivity index (χ3n) is 14.0. The van der Waals surface area contributed by atoms with Gasteiger partial charge in [0.05, 0.1) is 27.7 Å². The molecule has 0 aliphatic carbocycles. The average Bonchev–Trinajstić information content (AvgIpc) is 3.39. The van der Waals surface area contributed by atoms with E-state index in [4.69, 9.17) is 18.5 Å². The van der Waals surface area contributed by atoms with Crippen molar-refractivity contribution < 1.29 is 51.6 Å². The lowest BCUT2D eigenvalue weighted by molar-refractivity contribution is -0.870. The predicted octanol–water partition coefficient (Wildman–Crippen LogP) is 17.6. The maximum Gasteiger partial charge on any atom is 0.472 e. The van der Waals surface area contributed by atoms with Crippen LogP contribution >= 0.6 is 19.6 Å². The number of carbonyl (C=O) groups excluding carboxylic acids is 4. The number of nitrogens with one attached hydrogen (secondary N) is 1. The van der Waals surface area contributed by atoms with Gasteiger partial charge in [0.25, 0.3) is 0 Å². The molecule has 14 heteroatoms. The molecule has 0 aromatic rings. The van der Waals surface area contributed by atoms with Crippen LogP contribution in [0.5, 0.6) is 0 Å². The fraction of sp³-hybridized carbons (Fsp3) is 0.873. The van der Waals surface area contributed by atoms with Crippen molar-refractivity contribution in [1.29, 1.82) is 0 Å². The van der Waals surface area contributed by atoms with E-state index in [0.717, 1.165) is 114 Å². The van der Waals surface area contributed by atoms with Gasteiger partial charge in [-0.3, -0.25) is 23.4 Å². The van der Waals surface area contributed by atoms with Crippen LogP contribution in [0.2, 0.25) is 0 Å². The van der Waals surface area contributed by atoms with Crippen LogP contribution in [0.15, 0.2) is 24.3 Å². The van der Waals surface area contributed by atoms with Crippen molar-refractivity contribution in [2.24, 2.45) is 0 Å². The molecule has 0 heterocycles. The SMILES string of the molecule is CCCCCCCC/C=C\CCCCCCCC(=O)N[C@@H](CSC(=O)CCCCCCC/C=C\CCCCCCCC)C(=O)OC(COC(=O)CCCCCCCCCCCCCCC)COP(=O)(O)OCC[N+](C)(C)C. The number of unbranched alkanes of at least 4 members (excludes halogenated alkanes) is 34. The second kappa shape index (κ2) is 54.6. The molecule has 1 amide bonds. The van der Waals surface area contributed by atoms with Gasteiger partial charge < -0.3 is 24.2 Å². The molecule has 0 fully saturated rings. The molecule has 0 aromatic carbocycles. The van der Waals surface area contributed by atoms with E-state index in [9.17, 15) is 28.6 Å². The van der Waals surface area contributed by atoms with Crippen LogP contribution in [0.3, 0.4) is 0 Å². The summed E-state index contributed by atoms with van der Waals surface area (Å²) in [6, 6.07) is -1.18. The minimum absolute atomic E-state index is 0.0417. The first kappa shape index (κ1) is 75.0. The second-order valence-electron chi connectivity index (χ2n) is 22.8. The van der Waals surface area contributed by atoms with Crippen molar-refractivity contribution in [1.82, 2.24) is 5.32 Å². The van der Waals surface area contributed by atoms with E-state index >= 15 is 0 Å². The molecule has 0 rings (SSSR count). The molecule has 452 valence electrons. The van der Waals surface area contributed by atoms with E-state index < -0.39 is 45.1 Å². The zero-order valence-corrected chi connectivity index (χ0v) is 52.3. The molecule has 3 atom stereocenters. The highest BCUT2D eigenvalue weighted by molar-refractivity contribution is 8.13. The number of quaternary nitrogens is 1. The van der Waals surface area contributed by atoms with Gasteiger partial charge >= 0.3 is 19.8 Å². The molecule has 0 radical (unpaired) electrons. The molecule has 12 nitrogen and oxygen atoms in total. The van der Waals surface area contributed by atoms with E-state index in [1.54, 1.807) is 0 Å². The number of carbonyl (C=O) groups is 4. The lowest BCUT2D eigenvalue weighted by Gasteiger charge is -2.25. The summed E-state index contributed by atoms with van der Waals surface area (Å²) in [7, 11) is 1.20. The Morgan fingerprint density at radius 3 is 1.30 bits per heavy atom. The van der Waals surface area contributed by atoms with Crippen LogP contribution in [0.1, 0.15) is 290 Å². The molecule has 0 aromatic heterocycles. The Kier molecular flexibility index (Phi) is 53.1. The van der Waals surface area contributed by atoms with Crippen LogP contribution in [-0.2, 0) is 42.3 Å². The summed E-state index contributed by atoms with van der Waals surface area (Å²) < 4.78 is 35.3. The number of esters is 2. The highest BCUT2D eigenvalue weighted by Crippen LogP contribution is 2.43. The minimum Gasteiger partial charge on any atom is -0.462 e. The average molecular weight is 1130 g/mol. The van der Waals surface area contributed by atoms with Crippen LogP contribution in [0, 0.1) is 0 Å². The number of likely N-dealkylation sites (N-methyl/N-ethyl adjacent to an activating group) is 1. The number of phosphoric acid groups is 1. The third kappa shape index (κ3) is 55.7. The monoisotopic (exact) mass is 1130 g/mol. The molecule has 2 N–H and O–H groups in total. The number of amides is 1. The fourth-order valence-corrected chi connectivity index (χ4v) is 10.5. The van der Waals surface area contributed by atoms with E-state index in [2.05, 4.69) is 50.4 Å². The number of hydrogen-bond acceptors (Lipinski definition) is 10. The highest BCUT2D eigenvalue weighted by Gasteiger charge is 2.30. The Labute approximate surface area is 477 Å². The van der Waals surface area contributed by atoms with Gasteiger partial charge in [-0.25, -0.2) is 9.36 Å². The van der Waals surface area contributed by atoms with Crippen LogP contribution in [-0.4, -0.2) is 97.7 Å². The minimum atomic E-state index is -4.57. The van der Waals surface area contributed by atoms with E-state index in [0.29, 0.717) is 30.3 Å². The van der Waals surface area contributed by atoms with Crippen LogP contribution in [0.4, 0.5) is 0 Å². The van der Waals surface area contributed by atoms with Gasteiger partial charge in [0, 0.05) is 25.0 Å². The topological polar surface area (TPSA) is 155 Å². The molecular formula is C63H120N2O10PS+. The number of allylic oxidation sites excluding steroid dienone is 4. The quantitative estimate of drug-likeness (QED) is 0.0197. The maximum atomic E-state index is 13.9. The maximum absolute atomic E-state index is 13.9. The molecule has 2 unspecified atom stereocenters. The Hall–Kier alpha value is -2.02. The van der Waals surface area contributed by atoms with Crippen LogP contribution in [0.25, 0.3) is 0 Å². The first-order chi connectivity index (χ1) is 37.2.